The summed E-state index contributed by atoms with van der Waals surface area (Å²) in [5.74, 6) is -0.320. The topological polar surface area (TPSA) is 96.0 Å². The van der Waals surface area contributed by atoms with E-state index >= 15 is 0 Å². The zero-order valence-electron chi connectivity index (χ0n) is 18.3. The minimum absolute atomic E-state index is 0.00719. The summed E-state index contributed by atoms with van der Waals surface area (Å²) in [6.45, 7) is 2.31. The van der Waals surface area contributed by atoms with E-state index in [2.05, 4.69) is 10.2 Å². The highest BCUT2D eigenvalue weighted by Crippen LogP contribution is 2.30. The first-order valence-corrected chi connectivity index (χ1v) is 12.8. The van der Waals surface area contributed by atoms with Crippen LogP contribution < -0.4 is 14.4 Å². The van der Waals surface area contributed by atoms with Crippen LogP contribution in [0.4, 0.5) is 5.69 Å². The fourth-order valence-corrected chi connectivity index (χ4v) is 6.02. The fourth-order valence-electron chi connectivity index (χ4n) is 4.31. The minimum atomic E-state index is -3.70. The number of likely N-dealkylation sites (tertiary alicyclic amines) is 1. The number of amides is 2. The Morgan fingerprint density at radius 3 is 2.42 bits per heavy atom. The third kappa shape index (κ3) is 5.00. The zero-order valence-corrected chi connectivity index (χ0v) is 19.9. The van der Waals surface area contributed by atoms with Gasteiger partial charge < -0.3 is 10.1 Å². The molecule has 0 spiro atoms. The lowest BCUT2D eigenvalue weighted by Crippen LogP contribution is -2.37. The van der Waals surface area contributed by atoms with Gasteiger partial charge in [0.2, 0.25) is 15.9 Å². The normalized spacial score (nSPS) is 19.0. The van der Waals surface area contributed by atoms with Crippen LogP contribution in [0.25, 0.3) is 0 Å². The molecule has 4 rings (SSSR count). The number of nitrogens with one attached hydrogen (secondary N) is 1. The lowest BCUT2D eigenvalue weighted by atomic mass is 10.0. The Bertz CT molecular complexity index is 1150. The van der Waals surface area contributed by atoms with Gasteiger partial charge in [-0.25, -0.2) is 12.7 Å². The number of hydrogen-bond donors (Lipinski definition) is 1. The molecule has 2 amide bonds. The molecule has 2 fully saturated rings. The van der Waals surface area contributed by atoms with Gasteiger partial charge in [-0.05, 0) is 61.8 Å². The van der Waals surface area contributed by atoms with Gasteiger partial charge in [-0.2, -0.15) is 0 Å². The lowest BCUT2D eigenvalue weighted by molar-refractivity contribution is -0.116. The van der Waals surface area contributed by atoms with E-state index in [4.69, 9.17) is 16.3 Å². The molecule has 33 heavy (non-hydrogen) atoms. The largest absolute Gasteiger partial charge is 0.497 e. The molecule has 0 bridgehead atoms. The van der Waals surface area contributed by atoms with E-state index in [1.165, 1.54) is 18.2 Å². The number of carbonyl (C=O) groups excluding carboxylic acids is 2. The maximum Gasteiger partial charge on any atom is 0.252 e. The van der Waals surface area contributed by atoms with Crippen molar-refractivity contribution in [1.29, 1.82) is 0 Å². The van der Waals surface area contributed by atoms with Crippen LogP contribution in [-0.4, -0.2) is 57.6 Å². The number of methoxy groups -OCH3 is 1. The van der Waals surface area contributed by atoms with Crippen LogP contribution in [0.2, 0.25) is 5.02 Å². The van der Waals surface area contributed by atoms with Crippen molar-refractivity contribution in [1.82, 2.24) is 10.2 Å². The summed E-state index contributed by atoms with van der Waals surface area (Å²) in [6.07, 6.45) is 2.17. The molecule has 176 valence electrons. The molecule has 2 saturated heterocycles. The highest BCUT2D eigenvalue weighted by molar-refractivity contribution is 7.94. The molecule has 1 N–H and O–H groups in total. The van der Waals surface area contributed by atoms with Crippen molar-refractivity contribution in [2.24, 2.45) is 0 Å². The summed E-state index contributed by atoms with van der Waals surface area (Å²) < 4.78 is 30.3. The third-order valence-electron chi connectivity index (χ3n) is 6.05. The molecule has 10 heteroatoms. The summed E-state index contributed by atoms with van der Waals surface area (Å²) in [7, 11) is -2.07. The third-order valence-corrected chi connectivity index (χ3v) is 8.05. The molecule has 2 aliphatic heterocycles. The van der Waals surface area contributed by atoms with Crippen LogP contribution in [-0.2, 0) is 14.8 Å². The van der Waals surface area contributed by atoms with Crippen LogP contribution in [0.15, 0.2) is 42.5 Å². The molecular formula is C23H26ClN3O5S. The summed E-state index contributed by atoms with van der Waals surface area (Å²) in [6, 6.07) is 12.1. The van der Waals surface area contributed by atoms with E-state index < -0.39 is 15.9 Å². The molecule has 2 heterocycles. The predicted octanol–water partition coefficient (Wildman–Crippen LogP) is 2.98. The molecular weight excluding hydrogens is 466 g/mol. The van der Waals surface area contributed by atoms with Gasteiger partial charge in [-0.3, -0.25) is 14.5 Å². The zero-order chi connectivity index (χ0) is 23.6. The van der Waals surface area contributed by atoms with Crippen molar-refractivity contribution in [3.63, 3.8) is 0 Å². The first-order valence-electron chi connectivity index (χ1n) is 10.8. The summed E-state index contributed by atoms with van der Waals surface area (Å²) in [4.78, 5) is 27.3. The second-order valence-electron chi connectivity index (χ2n) is 8.13. The van der Waals surface area contributed by atoms with Gasteiger partial charge >= 0.3 is 0 Å². The van der Waals surface area contributed by atoms with Gasteiger partial charge in [0.15, 0.2) is 0 Å². The van der Waals surface area contributed by atoms with Gasteiger partial charge in [0.05, 0.1) is 35.2 Å². The molecule has 1 unspecified atom stereocenters. The van der Waals surface area contributed by atoms with Crippen molar-refractivity contribution in [3.8, 4) is 5.75 Å². The average molecular weight is 492 g/mol. The first kappa shape index (κ1) is 23.5. The maximum atomic E-state index is 12.9. The number of anilines is 1. The molecule has 0 aromatic heterocycles. The Morgan fingerprint density at radius 1 is 1.15 bits per heavy atom. The van der Waals surface area contributed by atoms with Crippen molar-refractivity contribution in [2.45, 2.75) is 25.3 Å². The quantitative estimate of drug-likeness (QED) is 0.639. The number of sulfonamides is 1. The molecule has 2 aromatic carbocycles. The number of hydrogen-bond acceptors (Lipinski definition) is 6. The standard InChI is InChI=1S/C23H26ClN3O5S/c1-32-18-7-4-16(5-8-18)21(26-11-2-3-12-26)15-25-23(29)19-9-6-17(14-20(19)24)27-22(28)10-13-33(27,30)31/h4-9,14,21H,2-3,10-13,15H2,1H3,(H,25,29). The Morgan fingerprint density at radius 2 is 1.85 bits per heavy atom. The average Bonchev–Trinajstić information content (AvgIpc) is 3.42. The Hall–Kier alpha value is -2.62. The van der Waals surface area contributed by atoms with Crippen LogP contribution in [0.1, 0.15) is 41.2 Å². The van der Waals surface area contributed by atoms with Crippen LogP contribution in [0, 0.1) is 0 Å². The molecule has 2 aliphatic rings. The maximum absolute atomic E-state index is 12.9. The van der Waals surface area contributed by atoms with E-state index in [1.807, 2.05) is 24.3 Å². The highest BCUT2D eigenvalue weighted by Gasteiger charge is 2.36. The number of ether oxygens (including phenoxy) is 1. The van der Waals surface area contributed by atoms with Crippen LogP contribution in [0.5, 0.6) is 5.75 Å². The molecule has 8 nitrogen and oxygen atoms in total. The number of nitrogens with zero attached hydrogens (tertiary/aromatic N) is 2. The fraction of sp³-hybridized carbons (Fsp3) is 0.391. The second-order valence-corrected chi connectivity index (χ2v) is 10.5. The number of halogens is 1. The number of carbonyl (C=O) groups is 2. The number of benzene rings is 2. The van der Waals surface area contributed by atoms with E-state index in [-0.39, 0.29) is 40.4 Å². The van der Waals surface area contributed by atoms with Crippen LogP contribution >= 0.6 is 11.6 Å². The smallest absolute Gasteiger partial charge is 0.252 e. The van der Waals surface area contributed by atoms with Crippen molar-refractivity contribution >= 4 is 39.1 Å². The van der Waals surface area contributed by atoms with E-state index in [0.717, 1.165) is 41.5 Å². The minimum Gasteiger partial charge on any atom is -0.497 e. The molecule has 2 aromatic rings. The summed E-state index contributed by atoms with van der Waals surface area (Å²) >= 11 is 6.32. The Labute approximate surface area is 198 Å². The monoisotopic (exact) mass is 491 g/mol. The highest BCUT2D eigenvalue weighted by atomic mass is 35.5. The van der Waals surface area contributed by atoms with Crippen molar-refractivity contribution in [2.75, 3.05) is 36.8 Å². The van der Waals surface area contributed by atoms with Crippen molar-refractivity contribution in [3.05, 3.63) is 58.6 Å². The van der Waals surface area contributed by atoms with Crippen LogP contribution in [0.3, 0.4) is 0 Å². The van der Waals surface area contributed by atoms with Gasteiger partial charge in [0, 0.05) is 13.0 Å². The summed E-state index contributed by atoms with van der Waals surface area (Å²) in [5.41, 5.74) is 1.45. The molecule has 1 atom stereocenters. The van der Waals surface area contributed by atoms with E-state index in [9.17, 15) is 18.0 Å². The molecule has 0 saturated carbocycles. The molecule has 0 radical (unpaired) electrons. The molecule has 0 aliphatic carbocycles. The Balaban J connectivity index is 1.49. The van der Waals surface area contributed by atoms with Gasteiger partial charge in [-0.15, -0.1) is 0 Å². The lowest BCUT2D eigenvalue weighted by Gasteiger charge is -2.28. The van der Waals surface area contributed by atoms with Crippen molar-refractivity contribution < 1.29 is 22.7 Å². The van der Waals surface area contributed by atoms with Gasteiger partial charge in [-0.1, -0.05) is 23.7 Å². The SMILES string of the molecule is COc1ccc(C(CNC(=O)c2ccc(N3C(=O)CCS3(=O)=O)cc2Cl)N2CCCC2)cc1. The first-order chi connectivity index (χ1) is 15.8. The van der Waals surface area contributed by atoms with Gasteiger partial charge in [0.1, 0.15) is 5.75 Å². The predicted molar refractivity (Wildman–Crippen MR) is 126 cm³/mol. The van der Waals surface area contributed by atoms with E-state index in [0.29, 0.717) is 6.54 Å². The van der Waals surface area contributed by atoms with Gasteiger partial charge in [0.25, 0.3) is 5.91 Å². The Kier molecular flexibility index (Phi) is 6.92. The number of rotatable bonds is 7. The second kappa shape index (κ2) is 9.70. The summed E-state index contributed by atoms with van der Waals surface area (Å²) in [5, 5.41) is 3.05. The van der Waals surface area contributed by atoms with E-state index in [1.54, 1.807) is 7.11 Å².